The SMILES string of the molecule is CCCOCC(=O)NC(CC(=O)O)C(C)C. The Labute approximate surface area is 96.2 Å². The van der Waals surface area contributed by atoms with Crippen molar-refractivity contribution in [3.63, 3.8) is 0 Å². The zero-order valence-electron chi connectivity index (χ0n) is 10.2. The number of aliphatic carboxylic acids is 1. The molecule has 5 heteroatoms. The second-order valence-electron chi connectivity index (χ2n) is 4.07. The molecule has 2 N–H and O–H groups in total. The van der Waals surface area contributed by atoms with Gasteiger partial charge in [0.15, 0.2) is 0 Å². The fourth-order valence-corrected chi connectivity index (χ4v) is 1.20. The Morgan fingerprint density at radius 3 is 2.44 bits per heavy atom. The van der Waals surface area contributed by atoms with Crippen molar-refractivity contribution in [3.05, 3.63) is 0 Å². The molecule has 0 heterocycles. The number of ether oxygens (including phenoxy) is 1. The molecule has 0 saturated heterocycles. The fraction of sp³-hybridized carbons (Fsp3) is 0.818. The quantitative estimate of drug-likeness (QED) is 0.612. The van der Waals surface area contributed by atoms with E-state index in [0.29, 0.717) is 6.61 Å². The maximum atomic E-state index is 11.4. The topological polar surface area (TPSA) is 75.6 Å². The standard InChI is InChI=1S/C11H21NO4/c1-4-5-16-7-10(13)12-9(8(2)3)6-11(14)15/h8-9H,4-7H2,1-3H3,(H,12,13)(H,14,15). The van der Waals surface area contributed by atoms with Crippen LogP contribution in [0.5, 0.6) is 0 Å². The van der Waals surface area contributed by atoms with E-state index >= 15 is 0 Å². The van der Waals surface area contributed by atoms with Gasteiger partial charge in [0.25, 0.3) is 0 Å². The molecule has 1 amide bonds. The predicted octanol–water partition coefficient (Wildman–Crippen LogP) is 1.03. The van der Waals surface area contributed by atoms with Crippen molar-refractivity contribution in [3.8, 4) is 0 Å². The van der Waals surface area contributed by atoms with Crippen LogP contribution in [0.2, 0.25) is 0 Å². The average molecular weight is 231 g/mol. The summed E-state index contributed by atoms with van der Waals surface area (Å²) in [5, 5.41) is 11.3. The second kappa shape index (κ2) is 8.10. The van der Waals surface area contributed by atoms with E-state index in [0.717, 1.165) is 6.42 Å². The zero-order chi connectivity index (χ0) is 12.6. The minimum absolute atomic E-state index is 0.00329. The Hall–Kier alpha value is -1.10. The average Bonchev–Trinajstić information content (AvgIpc) is 2.16. The van der Waals surface area contributed by atoms with Crippen LogP contribution < -0.4 is 5.32 Å². The number of rotatable bonds is 8. The Balaban J connectivity index is 3.98. The van der Waals surface area contributed by atoms with Crippen molar-refractivity contribution in [1.29, 1.82) is 0 Å². The normalized spacial score (nSPS) is 12.5. The van der Waals surface area contributed by atoms with Crippen LogP contribution >= 0.6 is 0 Å². The van der Waals surface area contributed by atoms with E-state index < -0.39 is 5.97 Å². The first-order chi connectivity index (χ1) is 7.47. The van der Waals surface area contributed by atoms with E-state index in [1.54, 1.807) is 0 Å². The molecule has 0 aliphatic heterocycles. The van der Waals surface area contributed by atoms with Gasteiger partial charge in [-0.2, -0.15) is 0 Å². The van der Waals surface area contributed by atoms with Crippen LogP contribution in [0.4, 0.5) is 0 Å². The third-order valence-corrected chi connectivity index (χ3v) is 2.13. The van der Waals surface area contributed by atoms with Crippen LogP contribution in [-0.4, -0.2) is 36.2 Å². The Morgan fingerprint density at radius 1 is 1.38 bits per heavy atom. The number of carbonyl (C=O) groups is 2. The third kappa shape index (κ3) is 7.23. The smallest absolute Gasteiger partial charge is 0.305 e. The van der Waals surface area contributed by atoms with Gasteiger partial charge in [-0.15, -0.1) is 0 Å². The molecule has 0 aromatic carbocycles. The van der Waals surface area contributed by atoms with E-state index in [4.69, 9.17) is 9.84 Å². The molecule has 94 valence electrons. The summed E-state index contributed by atoms with van der Waals surface area (Å²) >= 11 is 0. The molecular formula is C11H21NO4. The number of carbonyl (C=O) groups excluding carboxylic acids is 1. The number of carboxylic acid groups (broad SMARTS) is 1. The second-order valence-corrected chi connectivity index (χ2v) is 4.07. The lowest BCUT2D eigenvalue weighted by molar-refractivity contribution is -0.138. The third-order valence-electron chi connectivity index (χ3n) is 2.13. The van der Waals surface area contributed by atoms with Gasteiger partial charge in [-0.3, -0.25) is 9.59 Å². The summed E-state index contributed by atoms with van der Waals surface area (Å²) in [7, 11) is 0. The van der Waals surface area contributed by atoms with Gasteiger partial charge in [-0.1, -0.05) is 20.8 Å². The minimum atomic E-state index is -0.909. The molecule has 0 aromatic rings. The minimum Gasteiger partial charge on any atom is -0.481 e. The molecule has 0 aliphatic rings. The van der Waals surface area contributed by atoms with Crippen molar-refractivity contribution < 1.29 is 19.4 Å². The van der Waals surface area contributed by atoms with Crippen molar-refractivity contribution in [2.24, 2.45) is 5.92 Å². The zero-order valence-corrected chi connectivity index (χ0v) is 10.2. The first-order valence-electron chi connectivity index (χ1n) is 5.56. The molecule has 0 rings (SSSR count). The molecule has 0 radical (unpaired) electrons. The highest BCUT2D eigenvalue weighted by Crippen LogP contribution is 2.05. The molecule has 5 nitrogen and oxygen atoms in total. The first kappa shape index (κ1) is 14.9. The van der Waals surface area contributed by atoms with Crippen LogP contribution in [0.25, 0.3) is 0 Å². The van der Waals surface area contributed by atoms with Crippen LogP contribution in [0.3, 0.4) is 0 Å². The summed E-state index contributed by atoms with van der Waals surface area (Å²) in [6.45, 7) is 6.25. The number of hydrogen-bond donors (Lipinski definition) is 2. The van der Waals surface area contributed by atoms with Gasteiger partial charge in [-0.25, -0.2) is 0 Å². The maximum absolute atomic E-state index is 11.4. The Kier molecular flexibility index (Phi) is 7.54. The summed E-state index contributed by atoms with van der Waals surface area (Å²) < 4.78 is 5.07. The van der Waals surface area contributed by atoms with Gasteiger partial charge in [0.1, 0.15) is 6.61 Å². The highest BCUT2D eigenvalue weighted by molar-refractivity contribution is 5.78. The van der Waals surface area contributed by atoms with Gasteiger partial charge in [0.2, 0.25) is 5.91 Å². The van der Waals surface area contributed by atoms with Gasteiger partial charge < -0.3 is 15.2 Å². The van der Waals surface area contributed by atoms with Gasteiger partial charge in [0, 0.05) is 12.6 Å². The summed E-state index contributed by atoms with van der Waals surface area (Å²) in [4.78, 5) is 22.0. The summed E-state index contributed by atoms with van der Waals surface area (Å²) in [6.07, 6.45) is 0.799. The molecule has 0 aromatic heterocycles. The number of amides is 1. The van der Waals surface area contributed by atoms with Crippen LogP contribution in [0.15, 0.2) is 0 Å². The lowest BCUT2D eigenvalue weighted by Gasteiger charge is -2.20. The molecule has 0 fully saturated rings. The highest BCUT2D eigenvalue weighted by atomic mass is 16.5. The fourth-order valence-electron chi connectivity index (χ4n) is 1.20. The maximum Gasteiger partial charge on any atom is 0.305 e. The lowest BCUT2D eigenvalue weighted by atomic mass is 10.0. The molecule has 0 saturated carbocycles. The molecule has 0 aliphatic carbocycles. The van der Waals surface area contributed by atoms with E-state index in [9.17, 15) is 9.59 Å². The molecule has 16 heavy (non-hydrogen) atoms. The summed E-state index contributed by atoms with van der Waals surface area (Å²) in [6, 6.07) is -0.338. The van der Waals surface area contributed by atoms with Crippen molar-refractivity contribution in [2.45, 2.75) is 39.7 Å². The van der Waals surface area contributed by atoms with E-state index in [2.05, 4.69) is 5.32 Å². The molecular weight excluding hydrogens is 210 g/mol. The Bertz CT molecular complexity index is 228. The first-order valence-corrected chi connectivity index (χ1v) is 5.56. The number of hydrogen-bond acceptors (Lipinski definition) is 3. The largest absolute Gasteiger partial charge is 0.481 e. The summed E-state index contributed by atoms with van der Waals surface area (Å²) in [5.41, 5.74) is 0. The van der Waals surface area contributed by atoms with Crippen LogP contribution in [0, 0.1) is 5.92 Å². The van der Waals surface area contributed by atoms with Crippen LogP contribution in [0.1, 0.15) is 33.6 Å². The molecule has 0 spiro atoms. The molecule has 1 atom stereocenters. The van der Waals surface area contributed by atoms with Gasteiger partial charge >= 0.3 is 5.97 Å². The summed E-state index contributed by atoms with van der Waals surface area (Å²) in [5.74, 6) is -1.08. The highest BCUT2D eigenvalue weighted by Gasteiger charge is 2.19. The number of carboxylic acids is 1. The van der Waals surface area contributed by atoms with Gasteiger partial charge in [0.05, 0.1) is 6.42 Å². The lowest BCUT2D eigenvalue weighted by Crippen LogP contribution is -2.41. The Morgan fingerprint density at radius 2 is 2.00 bits per heavy atom. The predicted molar refractivity (Wildman–Crippen MR) is 60.1 cm³/mol. The molecule has 0 bridgehead atoms. The van der Waals surface area contributed by atoms with E-state index in [-0.39, 0.29) is 30.9 Å². The van der Waals surface area contributed by atoms with Crippen LogP contribution in [-0.2, 0) is 14.3 Å². The monoisotopic (exact) mass is 231 g/mol. The van der Waals surface area contributed by atoms with Crippen molar-refractivity contribution in [1.82, 2.24) is 5.32 Å². The van der Waals surface area contributed by atoms with Crippen molar-refractivity contribution in [2.75, 3.05) is 13.2 Å². The number of nitrogens with one attached hydrogen (secondary N) is 1. The van der Waals surface area contributed by atoms with E-state index in [1.807, 2.05) is 20.8 Å². The van der Waals surface area contributed by atoms with E-state index in [1.165, 1.54) is 0 Å². The molecule has 1 unspecified atom stereocenters. The van der Waals surface area contributed by atoms with Gasteiger partial charge in [-0.05, 0) is 12.3 Å². The van der Waals surface area contributed by atoms with Crippen molar-refractivity contribution >= 4 is 11.9 Å².